The van der Waals surface area contributed by atoms with Gasteiger partial charge in [0.15, 0.2) is 0 Å². The molecule has 2 amide bonds. The van der Waals surface area contributed by atoms with E-state index < -0.39 is 11.8 Å². The summed E-state index contributed by atoms with van der Waals surface area (Å²) in [6, 6.07) is 4.86. The van der Waals surface area contributed by atoms with Gasteiger partial charge in [-0.25, -0.2) is 11.7 Å². The molecule has 6 N–H and O–H groups in total. The molecule has 7 nitrogen and oxygen atoms in total. The van der Waals surface area contributed by atoms with Crippen LogP contribution in [0.15, 0.2) is 18.2 Å². The van der Waals surface area contributed by atoms with Gasteiger partial charge in [-0.15, -0.1) is 0 Å². The molecular weight excluding hydrogens is 246 g/mol. The smallest absolute Gasteiger partial charge is 0.265 e. The quantitative estimate of drug-likeness (QED) is 0.245. The molecule has 0 aliphatic carbocycles. The number of nitrogens with two attached hydrogens (primary N) is 2. The fraction of sp³-hybridized carbons (Fsp3) is 0.333. The Balaban J connectivity index is 3.24. The van der Waals surface area contributed by atoms with E-state index in [9.17, 15) is 9.59 Å². The van der Waals surface area contributed by atoms with E-state index in [2.05, 4.69) is 0 Å². The van der Waals surface area contributed by atoms with Gasteiger partial charge in [-0.2, -0.15) is 0 Å². The van der Waals surface area contributed by atoms with Gasteiger partial charge < -0.3 is 4.48 Å². The summed E-state index contributed by atoms with van der Waals surface area (Å²) in [5, 5.41) is 0. The van der Waals surface area contributed by atoms with Gasteiger partial charge in [-0.3, -0.25) is 20.4 Å². The van der Waals surface area contributed by atoms with Crippen molar-refractivity contribution in [1.82, 2.24) is 10.9 Å². The second-order valence-corrected chi connectivity index (χ2v) is 5.31. The number of hydrogen-bond acceptors (Lipinski definition) is 4. The van der Waals surface area contributed by atoms with Gasteiger partial charge in [-0.1, -0.05) is 0 Å². The number of rotatable bonds is 4. The van der Waals surface area contributed by atoms with Gasteiger partial charge in [0.2, 0.25) is 0 Å². The molecule has 0 aromatic heterocycles. The number of carbonyl (C=O) groups excluding carboxylic acids is 2. The topological polar surface area (TPSA) is 110 Å². The monoisotopic (exact) mass is 266 g/mol. The van der Waals surface area contributed by atoms with Crippen molar-refractivity contribution in [2.75, 3.05) is 21.1 Å². The zero-order valence-electron chi connectivity index (χ0n) is 11.4. The van der Waals surface area contributed by atoms with E-state index in [0.29, 0.717) is 22.2 Å². The third kappa shape index (κ3) is 4.32. The van der Waals surface area contributed by atoms with Crippen LogP contribution in [0.25, 0.3) is 0 Å². The van der Waals surface area contributed by atoms with Crippen molar-refractivity contribution in [2.24, 2.45) is 11.7 Å². The minimum Gasteiger partial charge on any atom is -0.327 e. The van der Waals surface area contributed by atoms with Gasteiger partial charge in [-0.05, 0) is 18.2 Å². The predicted octanol–water partition coefficient (Wildman–Crippen LogP) is -0.900. The maximum absolute atomic E-state index is 11.6. The third-order valence-corrected chi connectivity index (χ3v) is 2.44. The number of benzene rings is 1. The second-order valence-electron chi connectivity index (χ2n) is 5.31. The van der Waals surface area contributed by atoms with Crippen molar-refractivity contribution in [3.8, 4) is 0 Å². The standard InChI is InChI=1S/C12H19N5O2/c1-17(2,3)7-8-4-9(11(18)15-13)6-10(5-8)12(19)16-14/h4-6H,7,13-14H2,1-3H3,(H-,15,16,18,19)/p+1. The predicted molar refractivity (Wildman–Crippen MR) is 71.5 cm³/mol. The van der Waals surface area contributed by atoms with E-state index in [4.69, 9.17) is 11.7 Å². The fourth-order valence-corrected chi connectivity index (χ4v) is 1.76. The molecule has 0 unspecified atom stereocenters. The lowest BCUT2D eigenvalue weighted by atomic mass is 10.0. The van der Waals surface area contributed by atoms with Crippen LogP contribution in [0.3, 0.4) is 0 Å². The Morgan fingerprint density at radius 1 is 1.00 bits per heavy atom. The molecular formula is C12H20N5O2+. The number of nitrogen functional groups attached to an aromatic ring is 2. The summed E-state index contributed by atoms with van der Waals surface area (Å²) >= 11 is 0. The van der Waals surface area contributed by atoms with Crippen LogP contribution in [-0.2, 0) is 6.54 Å². The van der Waals surface area contributed by atoms with Gasteiger partial charge >= 0.3 is 0 Å². The first-order valence-corrected chi connectivity index (χ1v) is 5.73. The van der Waals surface area contributed by atoms with Crippen LogP contribution in [0, 0.1) is 0 Å². The van der Waals surface area contributed by atoms with E-state index in [1.54, 1.807) is 12.1 Å². The van der Waals surface area contributed by atoms with E-state index in [1.807, 2.05) is 32.0 Å². The highest BCUT2D eigenvalue weighted by Gasteiger charge is 2.15. The number of quaternary nitrogens is 1. The highest BCUT2D eigenvalue weighted by atomic mass is 16.2. The first-order chi connectivity index (χ1) is 8.76. The van der Waals surface area contributed by atoms with Crippen molar-refractivity contribution in [3.63, 3.8) is 0 Å². The maximum atomic E-state index is 11.6. The lowest BCUT2D eigenvalue weighted by molar-refractivity contribution is -0.884. The molecule has 104 valence electrons. The molecule has 19 heavy (non-hydrogen) atoms. The minimum absolute atomic E-state index is 0.326. The molecule has 1 rings (SSSR count). The second kappa shape index (κ2) is 5.79. The Bertz CT molecular complexity index is 459. The van der Waals surface area contributed by atoms with Gasteiger partial charge in [0, 0.05) is 16.7 Å². The molecule has 0 fully saturated rings. The van der Waals surface area contributed by atoms with Gasteiger partial charge in [0.25, 0.3) is 11.8 Å². The maximum Gasteiger partial charge on any atom is 0.265 e. The molecule has 0 aliphatic rings. The van der Waals surface area contributed by atoms with Crippen LogP contribution < -0.4 is 22.5 Å². The van der Waals surface area contributed by atoms with Crippen LogP contribution in [-0.4, -0.2) is 37.4 Å². The lowest BCUT2D eigenvalue weighted by Gasteiger charge is -2.24. The van der Waals surface area contributed by atoms with Crippen LogP contribution in [0.2, 0.25) is 0 Å². The third-order valence-electron chi connectivity index (χ3n) is 2.44. The Hall–Kier alpha value is -1.96. The number of nitrogens with one attached hydrogen (secondary N) is 2. The summed E-state index contributed by atoms with van der Waals surface area (Å²) in [5.74, 6) is 9.32. The number of nitrogens with zero attached hydrogens (tertiary/aromatic N) is 1. The average Bonchev–Trinajstić information content (AvgIpc) is 2.34. The number of amides is 2. The summed E-state index contributed by atoms with van der Waals surface area (Å²) in [4.78, 5) is 23.2. The van der Waals surface area contributed by atoms with E-state index in [0.717, 1.165) is 5.56 Å². The molecule has 7 heteroatoms. The van der Waals surface area contributed by atoms with Crippen molar-refractivity contribution in [3.05, 3.63) is 34.9 Å². The lowest BCUT2D eigenvalue weighted by Crippen LogP contribution is -2.35. The zero-order chi connectivity index (χ0) is 14.6. The molecule has 0 spiro atoms. The fourth-order valence-electron chi connectivity index (χ4n) is 1.76. The molecule has 0 bridgehead atoms. The molecule has 0 heterocycles. The molecule has 1 aromatic carbocycles. The first kappa shape index (κ1) is 15.1. The molecule has 0 saturated carbocycles. The number of carbonyl (C=O) groups is 2. The highest BCUT2D eigenvalue weighted by Crippen LogP contribution is 2.14. The Kier molecular flexibility index (Phi) is 4.60. The molecule has 0 saturated heterocycles. The minimum atomic E-state index is -0.450. The van der Waals surface area contributed by atoms with E-state index >= 15 is 0 Å². The SMILES string of the molecule is C[N+](C)(C)Cc1cc(C(=O)NN)cc(C(=O)NN)c1. The molecule has 0 radical (unpaired) electrons. The Labute approximate surface area is 112 Å². The largest absolute Gasteiger partial charge is 0.327 e. The summed E-state index contributed by atoms with van der Waals surface area (Å²) in [6.07, 6.45) is 0. The Morgan fingerprint density at radius 2 is 1.42 bits per heavy atom. The van der Waals surface area contributed by atoms with Crippen LogP contribution in [0.1, 0.15) is 26.3 Å². The molecule has 1 aromatic rings. The summed E-state index contributed by atoms with van der Waals surface area (Å²) < 4.78 is 0.664. The Morgan fingerprint density at radius 3 is 1.74 bits per heavy atom. The van der Waals surface area contributed by atoms with Crippen molar-refractivity contribution in [2.45, 2.75) is 6.54 Å². The van der Waals surface area contributed by atoms with Gasteiger partial charge in [0.1, 0.15) is 6.54 Å². The molecule has 0 atom stereocenters. The van der Waals surface area contributed by atoms with E-state index in [-0.39, 0.29) is 0 Å². The van der Waals surface area contributed by atoms with Crippen LogP contribution >= 0.6 is 0 Å². The normalized spacial score (nSPS) is 11.0. The van der Waals surface area contributed by atoms with Crippen molar-refractivity contribution < 1.29 is 14.1 Å². The zero-order valence-corrected chi connectivity index (χ0v) is 11.4. The highest BCUT2D eigenvalue weighted by molar-refractivity contribution is 5.99. The molecule has 0 aliphatic heterocycles. The average molecular weight is 266 g/mol. The van der Waals surface area contributed by atoms with Crippen LogP contribution in [0.4, 0.5) is 0 Å². The van der Waals surface area contributed by atoms with E-state index in [1.165, 1.54) is 6.07 Å². The summed E-state index contributed by atoms with van der Waals surface area (Å²) in [6.45, 7) is 0.663. The van der Waals surface area contributed by atoms with Crippen LogP contribution in [0.5, 0.6) is 0 Å². The van der Waals surface area contributed by atoms with Crippen molar-refractivity contribution >= 4 is 11.8 Å². The number of hydrogen-bond donors (Lipinski definition) is 4. The summed E-state index contributed by atoms with van der Waals surface area (Å²) in [5.41, 5.74) is 5.60. The van der Waals surface area contributed by atoms with Crippen molar-refractivity contribution in [1.29, 1.82) is 0 Å². The van der Waals surface area contributed by atoms with Gasteiger partial charge in [0.05, 0.1) is 21.1 Å². The first-order valence-electron chi connectivity index (χ1n) is 5.73. The number of hydrazine groups is 2. The summed E-state index contributed by atoms with van der Waals surface area (Å²) in [7, 11) is 6.04.